The van der Waals surface area contributed by atoms with Gasteiger partial charge in [0.1, 0.15) is 5.75 Å². The molecular formula is C31H35ClN2O4. The maximum Gasteiger partial charge on any atom is 0.253 e. The molecule has 200 valence electrons. The van der Waals surface area contributed by atoms with Crippen molar-refractivity contribution >= 4 is 23.4 Å². The lowest BCUT2D eigenvalue weighted by atomic mass is 9.77. The largest absolute Gasteiger partial charge is 0.493 e. The fourth-order valence-electron chi connectivity index (χ4n) is 5.03. The molecule has 1 aliphatic rings. The molecule has 38 heavy (non-hydrogen) atoms. The number of likely N-dealkylation sites (tertiary alicyclic amines) is 1. The smallest absolute Gasteiger partial charge is 0.253 e. The van der Waals surface area contributed by atoms with Gasteiger partial charge in [-0.2, -0.15) is 0 Å². The molecule has 1 unspecified atom stereocenters. The summed E-state index contributed by atoms with van der Waals surface area (Å²) in [4.78, 5) is 30.7. The summed E-state index contributed by atoms with van der Waals surface area (Å²) in [6.07, 6.45) is 1.86. The second-order valence-electron chi connectivity index (χ2n) is 10.1. The lowest BCUT2D eigenvalue weighted by Gasteiger charge is -2.43. The number of hydrogen-bond donors (Lipinski definition) is 0. The summed E-state index contributed by atoms with van der Waals surface area (Å²) in [6, 6.07) is 24.7. The zero-order valence-corrected chi connectivity index (χ0v) is 22.8. The summed E-state index contributed by atoms with van der Waals surface area (Å²) in [5, 5.41) is 0.589. The van der Waals surface area contributed by atoms with Gasteiger partial charge in [0.15, 0.2) is 0 Å². The van der Waals surface area contributed by atoms with Crippen LogP contribution in [0.15, 0.2) is 78.9 Å². The lowest BCUT2D eigenvalue weighted by molar-refractivity contribution is -0.134. The number of amides is 2. The van der Waals surface area contributed by atoms with Crippen LogP contribution in [-0.4, -0.2) is 55.5 Å². The van der Waals surface area contributed by atoms with Gasteiger partial charge in [-0.25, -0.2) is 0 Å². The number of nitrogens with zero attached hydrogens (tertiary/aromatic N) is 2. The standard InChI is InChI=1S/C31H35ClN2O4/c1-33(20-24-9-4-3-5-10-24)29(35)19-31(23-38-28-14-7-13-27(32)18-28)15-8-16-34(22-31)30(36)26-12-6-11-25(17-26)21-37-2/h3-7,9-14,17-18H,8,15-16,19-23H2,1-2H3. The van der Waals surface area contributed by atoms with Crippen LogP contribution in [0.5, 0.6) is 5.75 Å². The van der Waals surface area contributed by atoms with Crippen LogP contribution >= 0.6 is 11.6 Å². The molecule has 2 amide bonds. The summed E-state index contributed by atoms with van der Waals surface area (Å²) in [5.74, 6) is 0.637. The van der Waals surface area contributed by atoms with Gasteiger partial charge in [0, 0.05) is 56.2 Å². The van der Waals surface area contributed by atoms with Crippen molar-refractivity contribution in [2.75, 3.05) is 33.9 Å². The molecule has 4 rings (SSSR count). The second-order valence-corrected chi connectivity index (χ2v) is 10.6. The molecule has 0 saturated carbocycles. The van der Waals surface area contributed by atoms with Crippen LogP contribution in [0, 0.1) is 5.41 Å². The fourth-order valence-corrected chi connectivity index (χ4v) is 5.21. The van der Waals surface area contributed by atoms with Gasteiger partial charge in [0.05, 0.1) is 13.2 Å². The highest BCUT2D eigenvalue weighted by Gasteiger charge is 2.40. The van der Waals surface area contributed by atoms with Crippen molar-refractivity contribution in [3.8, 4) is 5.75 Å². The minimum atomic E-state index is -0.525. The van der Waals surface area contributed by atoms with Crippen LogP contribution in [0.25, 0.3) is 0 Å². The molecule has 3 aromatic carbocycles. The van der Waals surface area contributed by atoms with Gasteiger partial charge in [-0.1, -0.05) is 60.1 Å². The van der Waals surface area contributed by atoms with Gasteiger partial charge in [0.25, 0.3) is 5.91 Å². The zero-order valence-electron chi connectivity index (χ0n) is 22.1. The van der Waals surface area contributed by atoms with E-state index in [4.69, 9.17) is 21.1 Å². The molecule has 1 fully saturated rings. The van der Waals surface area contributed by atoms with Crippen molar-refractivity contribution in [1.29, 1.82) is 0 Å². The zero-order chi connectivity index (χ0) is 27.0. The molecule has 0 aliphatic carbocycles. The molecule has 1 saturated heterocycles. The van der Waals surface area contributed by atoms with E-state index in [-0.39, 0.29) is 18.2 Å². The molecular weight excluding hydrogens is 500 g/mol. The minimum Gasteiger partial charge on any atom is -0.493 e. The van der Waals surface area contributed by atoms with Crippen molar-refractivity contribution in [3.63, 3.8) is 0 Å². The average Bonchev–Trinajstić information content (AvgIpc) is 2.93. The van der Waals surface area contributed by atoms with E-state index in [1.807, 2.05) is 78.7 Å². The van der Waals surface area contributed by atoms with Crippen molar-refractivity contribution in [2.24, 2.45) is 5.41 Å². The highest BCUT2D eigenvalue weighted by atomic mass is 35.5. The number of piperidine rings is 1. The van der Waals surface area contributed by atoms with Crippen molar-refractivity contribution < 1.29 is 19.1 Å². The number of halogens is 1. The molecule has 0 spiro atoms. The quantitative estimate of drug-likeness (QED) is 0.328. The van der Waals surface area contributed by atoms with Crippen LogP contribution < -0.4 is 4.74 Å². The van der Waals surface area contributed by atoms with Gasteiger partial charge in [-0.05, 0) is 54.3 Å². The Morgan fingerprint density at radius 3 is 2.53 bits per heavy atom. The Morgan fingerprint density at radius 1 is 1.00 bits per heavy atom. The number of methoxy groups -OCH3 is 1. The second kappa shape index (κ2) is 12.9. The molecule has 7 heteroatoms. The summed E-state index contributed by atoms with van der Waals surface area (Å²) in [7, 11) is 3.47. The van der Waals surface area contributed by atoms with Crippen molar-refractivity contribution in [3.05, 3.63) is 101 Å². The Bertz CT molecular complexity index is 1240. The predicted molar refractivity (Wildman–Crippen MR) is 149 cm³/mol. The van der Waals surface area contributed by atoms with E-state index in [2.05, 4.69) is 0 Å². The first-order valence-electron chi connectivity index (χ1n) is 12.9. The first kappa shape index (κ1) is 27.7. The van der Waals surface area contributed by atoms with Gasteiger partial charge < -0.3 is 19.3 Å². The van der Waals surface area contributed by atoms with Crippen LogP contribution in [0.4, 0.5) is 0 Å². The Morgan fingerprint density at radius 2 is 1.76 bits per heavy atom. The number of carbonyl (C=O) groups excluding carboxylic acids is 2. The highest BCUT2D eigenvalue weighted by molar-refractivity contribution is 6.30. The van der Waals surface area contributed by atoms with E-state index in [1.54, 1.807) is 24.1 Å². The molecule has 1 heterocycles. The first-order chi connectivity index (χ1) is 18.4. The predicted octanol–water partition coefficient (Wildman–Crippen LogP) is 5.84. The summed E-state index contributed by atoms with van der Waals surface area (Å²) >= 11 is 6.17. The fraction of sp³-hybridized carbons (Fsp3) is 0.355. The van der Waals surface area contributed by atoms with Crippen LogP contribution in [-0.2, 0) is 22.7 Å². The first-order valence-corrected chi connectivity index (χ1v) is 13.3. The number of benzene rings is 3. The number of rotatable bonds is 10. The van der Waals surface area contributed by atoms with Crippen LogP contribution in [0.1, 0.15) is 40.7 Å². The minimum absolute atomic E-state index is 0.0277. The lowest BCUT2D eigenvalue weighted by Crippen LogP contribution is -2.50. The molecule has 1 aliphatic heterocycles. The van der Waals surface area contributed by atoms with E-state index in [0.717, 1.165) is 24.0 Å². The maximum atomic E-state index is 13.6. The van der Waals surface area contributed by atoms with Gasteiger partial charge in [-0.15, -0.1) is 0 Å². The van der Waals surface area contributed by atoms with Gasteiger partial charge in [-0.3, -0.25) is 9.59 Å². The number of ether oxygens (including phenoxy) is 2. The summed E-state index contributed by atoms with van der Waals surface area (Å²) in [5.41, 5.74) is 2.12. The third-order valence-corrected chi connectivity index (χ3v) is 7.22. The molecule has 1 atom stereocenters. The average molecular weight is 535 g/mol. The maximum absolute atomic E-state index is 13.6. The topological polar surface area (TPSA) is 59.1 Å². The number of hydrogen-bond acceptors (Lipinski definition) is 4. The van der Waals surface area contributed by atoms with Crippen LogP contribution in [0.3, 0.4) is 0 Å². The van der Waals surface area contributed by atoms with E-state index in [9.17, 15) is 9.59 Å². The molecule has 0 N–H and O–H groups in total. The summed E-state index contributed by atoms with van der Waals surface area (Å²) in [6.45, 7) is 2.36. The van der Waals surface area contributed by atoms with E-state index >= 15 is 0 Å². The monoisotopic (exact) mass is 534 g/mol. The molecule has 0 bridgehead atoms. The van der Waals surface area contributed by atoms with E-state index < -0.39 is 5.41 Å². The third kappa shape index (κ3) is 7.36. The van der Waals surface area contributed by atoms with Crippen LogP contribution in [0.2, 0.25) is 5.02 Å². The Kier molecular flexibility index (Phi) is 9.43. The molecule has 0 radical (unpaired) electrons. The van der Waals surface area contributed by atoms with E-state index in [0.29, 0.717) is 49.2 Å². The van der Waals surface area contributed by atoms with Crippen molar-refractivity contribution in [1.82, 2.24) is 9.80 Å². The van der Waals surface area contributed by atoms with Gasteiger partial charge in [0.2, 0.25) is 5.91 Å². The highest BCUT2D eigenvalue weighted by Crippen LogP contribution is 2.36. The molecule has 3 aromatic rings. The third-order valence-electron chi connectivity index (χ3n) is 6.99. The van der Waals surface area contributed by atoms with Gasteiger partial charge >= 0.3 is 0 Å². The Balaban J connectivity index is 1.53. The normalized spacial score (nSPS) is 17.2. The number of carbonyl (C=O) groups is 2. The molecule has 0 aromatic heterocycles. The summed E-state index contributed by atoms with van der Waals surface area (Å²) < 4.78 is 11.4. The van der Waals surface area contributed by atoms with Crippen molar-refractivity contribution in [2.45, 2.75) is 32.4 Å². The Labute approximate surface area is 230 Å². The SMILES string of the molecule is COCc1cccc(C(=O)N2CCCC(COc3cccc(Cl)c3)(CC(=O)N(C)Cc3ccccc3)C2)c1. The van der Waals surface area contributed by atoms with E-state index in [1.165, 1.54) is 0 Å². The molecule has 6 nitrogen and oxygen atoms in total. The Hall–Kier alpha value is -3.35.